The lowest BCUT2D eigenvalue weighted by Crippen LogP contribution is -2.24. The fourth-order valence-electron chi connectivity index (χ4n) is 2.66. The smallest absolute Gasteiger partial charge is 0.0624 e. The lowest BCUT2D eigenvalue weighted by atomic mass is 9.99. The van der Waals surface area contributed by atoms with Gasteiger partial charge >= 0.3 is 0 Å². The highest BCUT2D eigenvalue weighted by Crippen LogP contribution is 2.23. The van der Waals surface area contributed by atoms with Gasteiger partial charge in [0.25, 0.3) is 0 Å². The summed E-state index contributed by atoms with van der Waals surface area (Å²) in [7, 11) is 2.01. The Bertz CT molecular complexity index is 584. The summed E-state index contributed by atoms with van der Waals surface area (Å²) in [5, 5.41) is 8.89. The molecule has 21 heavy (non-hydrogen) atoms. The normalized spacial score (nSPS) is 12.6. The standard InChI is InChI=1S/C17H24ClN3/c1-5-15-10-16(21(4)20-15)11-17(19-6-2)13-7-12(3)8-14(18)9-13/h7-10,17,19H,5-6,11H2,1-4H3. The second kappa shape index (κ2) is 7.10. The van der Waals surface area contributed by atoms with Crippen LogP contribution in [-0.4, -0.2) is 16.3 Å². The Balaban J connectivity index is 2.27. The molecule has 1 aromatic carbocycles. The predicted octanol–water partition coefficient (Wildman–Crippen LogP) is 3.84. The van der Waals surface area contributed by atoms with Crippen LogP contribution in [-0.2, 0) is 19.9 Å². The van der Waals surface area contributed by atoms with Crippen molar-refractivity contribution in [3.05, 3.63) is 51.8 Å². The van der Waals surface area contributed by atoms with Crippen molar-refractivity contribution in [2.75, 3.05) is 6.54 Å². The predicted molar refractivity (Wildman–Crippen MR) is 88.9 cm³/mol. The van der Waals surface area contributed by atoms with E-state index >= 15 is 0 Å². The fraction of sp³-hybridized carbons (Fsp3) is 0.471. The monoisotopic (exact) mass is 305 g/mol. The van der Waals surface area contributed by atoms with Gasteiger partial charge < -0.3 is 5.32 Å². The number of aryl methyl sites for hydroxylation is 3. The van der Waals surface area contributed by atoms with Crippen molar-refractivity contribution in [2.45, 2.75) is 39.7 Å². The molecule has 2 rings (SSSR count). The summed E-state index contributed by atoms with van der Waals surface area (Å²) in [5.41, 5.74) is 4.82. The first-order valence-corrected chi connectivity index (χ1v) is 7.93. The van der Waals surface area contributed by atoms with E-state index in [4.69, 9.17) is 11.6 Å². The molecule has 0 spiro atoms. The van der Waals surface area contributed by atoms with Gasteiger partial charge in [-0.25, -0.2) is 0 Å². The molecule has 1 N–H and O–H groups in total. The Labute approximate surface area is 132 Å². The number of nitrogens with one attached hydrogen (secondary N) is 1. The third-order valence-electron chi connectivity index (χ3n) is 3.72. The second-order valence-electron chi connectivity index (χ2n) is 5.48. The maximum Gasteiger partial charge on any atom is 0.0624 e. The summed E-state index contributed by atoms with van der Waals surface area (Å²) in [6, 6.07) is 8.71. The Morgan fingerprint density at radius 3 is 2.57 bits per heavy atom. The van der Waals surface area contributed by atoms with Crippen molar-refractivity contribution in [1.82, 2.24) is 15.1 Å². The third-order valence-corrected chi connectivity index (χ3v) is 3.94. The van der Waals surface area contributed by atoms with E-state index in [0.717, 1.165) is 30.1 Å². The van der Waals surface area contributed by atoms with Crippen LogP contribution in [0.1, 0.15) is 42.4 Å². The second-order valence-corrected chi connectivity index (χ2v) is 5.92. The molecule has 0 radical (unpaired) electrons. The molecule has 0 bridgehead atoms. The zero-order valence-electron chi connectivity index (χ0n) is 13.3. The average Bonchev–Trinajstić information content (AvgIpc) is 2.78. The van der Waals surface area contributed by atoms with Gasteiger partial charge in [-0.1, -0.05) is 31.5 Å². The summed E-state index contributed by atoms with van der Waals surface area (Å²) >= 11 is 6.21. The van der Waals surface area contributed by atoms with Gasteiger partial charge in [-0.15, -0.1) is 0 Å². The summed E-state index contributed by atoms with van der Waals surface area (Å²) < 4.78 is 1.99. The minimum atomic E-state index is 0.257. The summed E-state index contributed by atoms with van der Waals surface area (Å²) in [6.07, 6.45) is 1.88. The molecule has 0 saturated carbocycles. The Hall–Kier alpha value is -1.32. The van der Waals surface area contributed by atoms with E-state index in [1.54, 1.807) is 0 Å². The van der Waals surface area contributed by atoms with Gasteiger partial charge in [0.15, 0.2) is 0 Å². The highest BCUT2D eigenvalue weighted by Gasteiger charge is 2.15. The number of hydrogen-bond donors (Lipinski definition) is 1. The van der Waals surface area contributed by atoms with Gasteiger partial charge in [0.05, 0.1) is 5.69 Å². The Morgan fingerprint density at radius 1 is 1.24 bits per heavy atom. The first-order valence-electron chi connectivity index (χ1n) is 7.55. The van der Waals surface area contributed by atoms with Gasteiger partial charge in [-0.3, -0.25) is 4.68 Å². The van der Waals surface area contributed by atoms with Gasteiger partial charge in [0.1, 0.15) is 0 Å². The number of benzene rings is 1. The lowest BCUT2D eigenvalue weighted by Gasteiger charge is -2.19. The highest BCUT2D eigenvalue weighted by atomic mass is 35.5. The molecule has 0 aliphatic carbocycles. The van der Waals surface area contributed by atoms with E-state index in [2.05, 4.69) is 49.4 Å². The summed E-state index contributed by atoms with van der Waals surface area (Å²) in [5.74, 6) is 0. The van der Waals surface area contributed by atoms with Crippen molar-refractivity contribution in [1.29, 1.82) is 0 Å². The Morgan fingerprint density at radius 2 is 2.00 bits per heavy atom. The SMILES string of the molecule is CCNC(Cc1cc(CC)nn1C)c1cc(C)cc(Cl)c1. The Kier molecular flexibility index (Phi) is 5.43. The molecular weight excluding hydrogens is 282 g/mol. The number of hydrogen-bond acceptors (Lipinski definition) is 2. The molecule has 0 amide bonds. The van der Waals surface area contributed by atoms with Gasteiger partial charge in [-0.05, 0) is 49.2 Å². The van der Waals surface area contributed by atoms with Crippen molar-refractivity contribution >= 4 is 11.6 Å². The lowest BCUT2D eigenvalue weighted by molar-refractivity contribution is 0.528. The third kappa shape index (κ3) is 4.08. The molecule has 2 aromatic rings. The molecule has 0 fully saturated rings. The summed E-state index contributed by atoms with van der Waals surface area (Å²) in [6.45, 7) is 7.27. The molecule has 3 nitrogen and oxygen atoms in total. The van der Waals surface area contributed by atoms with Crippen LogP contribution in [0.25, 0.3) is 0 Å². The fourth-order valence-corrected chi connectivity index (χ4v) is 2.96. The molecule has 114 valence electrons. The van der Waals surface area contributed by atoms with Crippen LogP contribution >= 0.6 is 11.6 Å². The van der Waals surface area contributed by atoms with Crippen LogP contribution in [0, 0.1) is 6.92 Å². The zero-order valence-corrected chi connectivity index (χ0v) is 14.0. The van der Waals surface area contributed by atoms with Crippen LogP contribution in [0.4, 0.5) is 0 Å². The first kappa shape index (κ1) is 16.1. The zero-order chi connectivity index (χ0) is 15.4. The van der Waals surface area contributed by atoms with E-state index in [1.807, 2.05) is 17.8 Å². The van der Waals surface area contributed by atoms with E-state index < -0.39 is 0 Å². The van der Waals surface area contributed by atoms with Crippen LogP contribution in [0.15, 0.2) is 24.3 Å². The van der Waals surface area contributed by atoms with Crippen molar-refractivity contribution < 1.29 is 0 Å². The minimum absolute atomic E-state index is 0.257. The molecule has 1 unspecified atom stereocenters. The molecule has 0 aliphatic heterocycles. The van der Waals surface area contributed by atoms with Gasteiger partial charge in [0, 0.05) is 30.2 Å². The van der Waals surface area contributed by atoms with Crippen LogP contribution in [0.5, 0.6) is 0 Å². The number of rotatable bonds is 6. The quantitative estimate of drug-likeness (QED) is 0.879. The molecule has 0 saturated heterocycles. The molecule has 1 aromatic heterocycles. The van der Waals surface area contributed by atoms with Crippen molar-refractivity contribution in [3.8, 4) is 0 Å². The van der Waals surface area contributed by atoms with E-state index in [1.165, 1.54) is 16.8 Å². The van der Waals surface area contributed by atoms with Crippen LogP contribution in [0.3, 0.4) is 0 Å². The first-order chi connectivity index (χ1) is 10.0. The topological polar surface area (TPSA) is 29.9 Å². The van der Waals surface area contributed by atoms with Gasteiger partial charge in [-0.2, -0.15) is 5.10 Å². The number of likely N-dealkylation sites (N-methyl/N-ethyl adjacent to an activating group) is 1. The highest BCUT2D eigenvalue weighted by molar-refractivity contribution is 6.30. The maximum atomic E-state index is 6.21. The van der Waals surface area contributed by atoms with E-state index in [-0.39, 0.29) is 6.04 Å². The van der Waals surface area contributed by atoms with Crippen LogP contribution in [0.2, 0.25) is 5.02 Å². The molecule has 1 heterocycles. The minimum Gasteiger partial charge on any atom is -0.310 e. The van der Waals surface area contributed by atoms with E-state index in [9.17, 15) is 0 Å². The maximum absolute atomic E-state index is 6.21. The number of aromatic nitrogens is 2. The summed E-state index contributed by atoms with van der Waals surface area (Å²) in [4.78, 5) is 0. The number of halogens is 1. The van der Waals surface area contributed by atoms with Crippen molar-refractivity contribution in [2.24, 2.45) is 7.05 Å². The number of nitrogens with zero attached hydrogens (tertiary/aromatic N) is 2. The van der Waals surface area contributed by atoms with Crippen molar-refractivity contribution in [3.63, 3.8) is 0 Å². The molecule has 1 atom stereocenters. The largest absolute Gasteiger partial charge is 0.310 e. The van der Waals surface area contributed by atoms with Crippen LogP contribution < -0.4 is 5.32 Å². The van der Waals surface area contributed by atoms with Gasteiger partial charge in [0.2, 0.25) is 0 Å². The molecule has 0 aliphatic rings. The molecule has 4 heteroatoms. The average molecular weight is 306 g/mol. The molecular formula is C17H24ClN3. The van der Waals surface area contributed by atoms with E-state index in [0.29, 0.717) is 0 Å².